The van der Waals surface area contributed by atoms with Crippen LogP contribution in [0.15, 0.2) is 63.5 Å². The number of allylic oxidation sites excluding steroid dienone is 1. The summed E-state index contributed by atoms with van der Waals surface area (Å²) in [6, 6.07) is 12.1. The van der Waals surface area contributed by atoms with Gasteiger partial charge >= 0.3 is 11.9 Å². The van der Waals surface area contributed by atoms with Crippen molar-refractivity contribution in [3.63, 3.8) is 0 Å². The topological polar surface area (TPSA) is 105 Å². The van der Waals surface area contributed by atoms with Crippen molar-refractivity contribution in [2.45, 2.75) is 33.7 Å². The molecule has 10 heteroatoms. The number of rotatable bonds is 9. The van der Waals surface area contributed by atoms with Crippen molar-refractivity contribution in [1.29, 1.82) is 0 Å². The van der Waals surface area contributed by atoms with Crippen molar-refractivity contribution in [2.75, 3.05) is 26.9 Å². The van der Waals surface area contributed by atoms with Crippen LogP contribution < -0.4 is 24.4 Å². The SMILES string of the molecule is CCOC(=O)C1=C(C)N=c2s/c(=C\c3cccc(C)c3)c(=O)n2[C@H]1c1ccc(OCC(=O)OC)c(OCC)c1. The van der Waals surface area contributed by atoms with Crippen LogP contribution in [0.25, 0.3) is 6.08 Å². The van der Waals surface area contributed by atoms with Gasteiger partial charge in [0.2, 0.25) is 0 Å². The normalized spacial score (nSPS) is 14.9. The summed E-state index contributed by atoms with van der Waals surface area (Å²) < 4.78 is 23.4. The first-order chi connectivity index (χ1) is 18.8. The van der Waals surface area contributed by atoms with Gasteiger partial charge in [-0.25, -0.2) is 14.6 Å². The van der Waals surface area contributed by atoms with Crippen LogP contribution in [-0.2, 0) is 19.1 Å². The summed E-state index contributed by atoms with van der Waals surface area (Å²) in [5.41, 5.74) is 3.02. The van der Waals surface area contributed by atoms with Gasteiger partial charge in [-0.05, 0) is 57.0 Å². The van der Waals surface area contributed by atoms with Gasteiger partial charge in [-0.1, -0.05) is 47.2 Å². The van der Waals surface area contributed by atoms with Crippen LogP contribution in [0.5, 0.6) is 11.5 Å². The van der Waals surface area contributed by atoms with Crippen molar-refractivity contribution in [2.24, 2.45) is 4.99 Å². The highest BCUT2D eigenvalue weighted by Crippen LogP contribution is 2.36. The largest absolute Gasteiger partial charge is 0.490 e. The highest BCUT2D eigenvalue weighted by Gasteiger charge is 2.34. The first-order valence-corrected chi connectivity index (χ1v) is 13.3. The van der Waals surface area contributed by atoms with Gasteiger partial charge < -0.3 is 18.9 Å². The van der Waals surface area contributed by atoms with Gasteiger partial charge in [0.1, 0.15) is 0 Å². The number of thiazole rings is 1. The molecule has 0 fully saturated rings. The molecule has 0 radical (unpaired) electrons. The number of benzene rings is 2. The molecule has 0 bridgehead atoms. The number of esters is 2. The zero-order valence-electron chi connectivity index (χ0n) is 22.5. The summed E-state index contributed by atoms with van der Waals surface area (Å²) in [7, 11) is 1.28. The standard InChI is InChI=1S/C29H30N2O7S/c1-6-36-22-15-20(11-12-21(22)38-16-24(32)35-5)26-25(28(34)37-7-2)18(4)30-29-31(26)27(33)23(39-29)14-19-10-8-9-17(3)13-19/h8-15,26H,6-7,16H2,1-5H3/b23-14-/t26-/m0/s1. The molecular weight excluding hydrogens is 520 g/mol. The number of aromatic nitrogens is 1. The van der Waals surface area contributed by atoms with Gasteiger partial charge in [0.15, 0.2) is 22.9 Å². The first kappa shape index (κ1) is 27.8. The van der Waals surface area contributed by atoms with Crippen LogP contribution in [0.4, 0.5) is 0 Å². The van der Waals surface area contributed by atoms with Gasteiger partial charge in [-0.3, -0.25) is 9.36 Å². The number of fused-ring (bicyclic) bond motifs is 1. The molecule has 0 spiro atoms. The number of hydrogen-bond donors (Lipinski definition) is 0. The van der Waals surface area contributed by atoms with E-state index in [4.69, 9.17) is 14.2 Å². The Morgan fingerprint density at radius 3 is 2.54 bits per heavy atom. The minimum absolute atomic E-state index is 0.171. The molecule has 1 aromatic heterocycles. The Morgan fingerprint density at radius 2 is 1.85 bits per heavy atom. The molecule has 4 rings (SSSR count). The minimum Gasteiger partial charge on any atom is -0.490 e. The first-order valence-electron chi connectivity index (χ1n) is 12.5. The Balaban J connectivity index is 1.90. The average Bonchev–Trinajstić information content (AvgIpc) is 3.21. The number of hydrogen-bond acceptors (Lipinski definition) is 9. The lowest BCUT2D eigenvalue weighted by Crippen LogP contribution is -2.40. The van der Waals surface area contributed by atoms with E-state index in [-0.39, 0.29) is 24.3 Å². The lowest BCUT2D eigenvalue weighted by Gasteiger charge is -2.25. The molecular formula is C29H30N2O7S. The smallest absolute Gasteiger partial charge is 0.343 e. The van der Waals surface area contributed by atoms with Crippen molar-refractivity contribution in [3.8, 4) is 11.5 Å². The van der Waals surface area contributed by atoms with Crippen LogP contribution in [0.3, 0.4) is 0 Å². The Morgan fingerprint density at radius 1 is 1.05 bits per heavy atom. The van der Waals surface area contributed by atoms with Gasteiger partial charge in [0.05, 0.1) is 42.2 Å². The maximum absolute atomic E-state index is 13.8. The second-order valence-electron chi connectivity index (χ2n) is 8.72. The molecule has 3 aromatic rings. The minimum atomic E-state index is -0.811. The monoisotopic (exact) mass is 550 g/mol. The van der Waals surface area contributed by atoms with Crippen LogP contribution >= 0.6 is 11.3 Å². The van der Waals surface area contributed by atoms with E-state index in [0.29, 0.717) is 38.7 Å². The highest BCUT2D eigenvalue weighted by atomic mass is 32.1. The summed E-state index contributed by atoms with van der Waals surface area (Å²) >= 11 is 1.26. The second kappa shape index (κ2) is 12.1. The third-order valence-electron chi connectivity index (χ3n) is 6.01. The summed E-state index contributed by atoms with van der Waals surface area (Å²) in [4.78, 5) is 43.7. The molecule has 204 valence electrons. The quantitative estimate of drug-likeness (QED) is 0.377. The van der Waals surface area contributed by atoms with E-state index in [1.54, 1.807) is 32.0 Å². The molecule has 1 atom stereocenters. The van der Waals surface area contributed by atoms with Crippen molar-refractivity contribution in [1.82, 2.24) is 4.57 Å². The maximum atomic E-state index is 13.8. The number of aryl methyl sites for hydroxylation is 1. The predicted octanol–water partition coefficient (Wildman–Crippen LogP) is 3.06. The van der Waals surface area contributed by atoms with Crippen molar-refractivity contribution >= 4 is 29.4 Å². The molecule has 2 aromatic carbocycles. The Kier molecular flexibility index (Phi) is 8.65. The molecule has 1 aliphatic heterocycles. The lowest BCUT2D eigenvalue weighted by molar-refractivity contribution is -0.143. The summed E-state index contributed by atoms with van der Waals surface area (Å²) in [6.07, 6.45) is 1.83. The van der Waals surface area contributed by atoms with Gasteiger partial charge in [0.25, 0.3) is 5.56 Å². The molecule has 0 saturated heterocycles. The number of methoxy groups -OCH3 is 1. The third-order valence-corrected chi connectivity index (χ3v) is 7.00. The van der Waals surface area contributed by atoms with E-state index in [2.05, 4.69) is 9.73 Å². The van der Waals surface area contributed by atoms with E-state index >= 15 is 0 Å². The third kappa shape index (κ3) is 5.96. The Labute approximate surface area is 229 Å². The fourth-order valence-electron chi connectivity index (χ4n) is 4.30. The molecule has 0 amide bonds. The molecule has 0 unspecified atom stereocenters. The molecule has 0 N–H and O–H groups in total. The van der Waals surface area contributed by atoms with Gasteiger partial charge in [-0.2, -0.15) is 0 Å². The fraction of sp³-hybridized carbons (Fsp3) is 0.310. The number of carbonyl (C=O) groups is 2. The van der Waals surface area contributed by atoms with Crippen LogP contribution in [0.1, 0.15) is 43.5 Å². The summed E-state index contributed by atoms with van der Waals surface area (Å²) in [6.45, 7) is 7.47. The summed E-state index contributed by atoms with van der Waals surface area (Å²) in [5, 5.41) is 0. The lowest BCUT2D eigenvalue weighted by atomic mass is 9.95. The van der Waals surface area contributed by atoms with Crippen molar-refractivity contribution < 1.29 is 28.5 Å². The number of carbonyl (C=O) groups excluding carboxylic acids is 2. The van der Waals surface area contributed by atoms with E-state index in [1.807, 2.05) is 44.2 Å². The number of ether oxygens (including phenoxy) is 4. The molecule has 1 aliphatic rings. The molecule has 9 nitrogen and oxygen atoms in total. The van der Waals surface area contributed by atoms with Crippen molar-refractivity contribution in [3.05, 3.63) is 90.1 Å². The fourth-order valence-corrected chi connectivity index (χ4v) is 5.34. The molecule has 2 heterocycles. The Bertz CT molecular complexity index is 1620. The van der Waals surface area contributed by atoms with E-state index in [9.17, 15) is 14.4 Å². The number of nitrogens with zero attached hydrogens (tertiary/aromatic N) is 2. The predicted molar refractivity (Wildman–Crippen MR) is 147 cm³/mol. The molecule has 0 saturated carbocycles. The average molecular weight is 551 g/mol. The van der Waals surface area contributed by atoms with E-state index in [0.717, 1.165) is 11.1 Å². The van der Waals surface area contributed by atoms with Crippen LogP contribution in [0, 0.1) is 6.92 Å². The van der Waals surface area contributed by atoms with E-state index < -0.39 is 18.0 Å². The van der Waals surface area contributed by atoms with Gasteiger partial charge in [-0.15, -0.1) is 0 Å². The Hall–Kier alpha value is -4.18. The maximum Gasteiger partial charge on any atom is 0.343 e. The van der Waals surface area contributed by atoms with E-state index in [1.165, 1.54) is 23.0 Å². The zero-order chi connectivity index (χ0) is 28.1. The molecule has 39 heavy (non-hydrogen) atoms. The summed E-state index contributed by atoms with van der Waals surface area (Å²) in [5.74, 6) is -0.402. The van der Waals surface area contributed by atoms with Crippen LogP contribution in [0.2, 0.25) is 0 Å². The highest BCUT2D eigenvalue weighted by molar-refractivity contribution is 7.07. The second-order valence-corrected chi connectivity index (χ2v) is 9.73. The van der Waals surface area contributed by atoms with Crippen LogP contribution in [-0.4, -0.2) is 43.4 Å². The molecule has 0 aliphatic carbocycles. The zero-order valence-corrected chi connectivity index (χ0v) is 23.3. The van der Waals surface area contributed by atoms with Gasteiger partial charge in [0, 0.05) is 0 Å².